The summed E-state index contributed by atoms with van der Waals surface area (Å²) in [5.74, 6) is 0.852. The van der Waals surface area contributed by atoms with Crippen LogP contribution in [0.4, 0.5) is 0 Å². The van der Waals surface area contributed by atoms with Crippen molar-refractivity contribution in [2.45, 2.75) is 39.0 Å². The van der Waals surface area contributed by atoms with Crippen LogP contribution in [0.25, 0.3) is 5.57 Å². The van der Waals surface area contributed by atoms with E-state index in [1.54, 1.807) is 7.11 Å². The van der Waals surface area contributed by atoms with Crippen LogP contribution in [0.3, 0.4) is 0 Å². The van der Waals surface area contributed by atoms with E-state index in [0.717, 1.165) is 45.2 Å². The molecule has 0 N–H and O–H groups in total. The van der Waals surface area contributed by atoms with Crippen LogP contribution in [-0.2, 0) is 16.0 Å². The van der Waals surface area contributed by atoms with Crippen LogP contribution in [-0.4, -0.2) is 48.4 Å². The zero-order chi connectivity index (χ0) is 22.5. The zero-order valence-corrected chi connectivity index (χ0v) is 19.0. The number of likely N-dealkylation sites (tertiary alicyclic amines) is 1. The Morgan fingerprint density at radius 1 is 0.938 bits per heavy atom. The van der Waals surface area contributed by atoms with Crippen molar-refractivity contribution in [3.8, 4) is 5.75 Å². The molecule has 1 saturated heterocycles. The number of amides is 2. The molecule has 5 nitrogen and oxygen atoms in total. The third kappa shape index (κ3) is 4.43. The monoisotopic (exact) mass is 432 g/mol. The maximum Gasteiger partial charge on any atom is 0.277 e. The van der Waals surface area contributed by atoms with Gasteiger partial charge < -0.3 is 9.64 Å². The maximum atomic E-state index is 13.4. The predicted octanol–water partition coefficient (Wildman–Crippen LogP) is 4.53. The molecule has 2 aliphatic heterocycles. The van der Waals surface area contributed by atoms with Gasteiger partial charge in [0.05, 0.1) is 12.7 Å². The molecule has 168 valence electrons. The first-order valence-electron chi connectivity index (χ1n) is 11.7. The van der Waals surface area contributed by atoms with Crippen molar-refractivity contribution in [3.05, 3.63) is 71.4 Å². The first-order chi connectivity index (χ1) is 15.6. The van der Waals surface area contributed by atoms with Gasteiger partial charge in [-0.1, -0.05) is 61.9 Å². The lowest BCUT2D eigenvalue weighted by Gasteiger charge is -2.34. The van der Waals surface area contributed by atoms with E-state index < -0.39 is 0 Å². The first kappa shape index (κ1) is 22.1. The van der Waals surface area contributed by atoms with Crippen molar-refractivity contribution < 1.29 is 14.3 Å². The van der Waals surface area contributed by atoms with Gasteiger partial charge in [-0.25, -0.2) is 0 Å². The van der Waals surface area contributed by atoms with Gasteiger partial charge in [0, 0.05) is 25.2 Å². The van der Waals surface area contributed by atoms with Gasteiger partial charge in [-0.15, -0.1) is 0 Å². The third-order valence-electron chi connectivity index (χ3n) is 6.55. The fraction of sp³-hybridized carbons (Fsp3) is 0.407. The number of rotatable bonds is 8. The molecule has 1 fully saturated rings. The molecule has 0 bridgehead atoms. The standard InChI is InChI=1S/C27H32N2O3/c1-3-4-16-29-26(30)24(22-12-8-9-13-23(22)32-2)25(27(29)31)28-17-14-21(15-18-28)19-20-10-6-5-7-11-20/h5-13,21H,3-4,14-19H2,1-2H3. The Labute approximate surface area is 190 Å². The van der Waals surface area contributed by atoms with Crippen molar-refractivity contribution >= 4 is 17.4 Å². The number of benzene rings is 2. The number of hydrogen-bond acceptors (Lipinski definition) is 4. The van der Waals surface area contributed by atoms with E-state index in [1.807, 2.05) is 30.3 Å². The van der Waals surface area contributed by atoms with Crippen molar-refractivity contribution in [1.82, 2.24) is 9.80 Å². The smallest absolute Gasteiger partial charge is 0.277 e. The summed E-state index contributed by atoms with van der Waals surface area (Å²) < 4.78 is 5.54. The Morgan fingerprint density at radius 2 is 1.62 bits per heavy atom. The van der Waals surface area contributed by atoms with Crippen LogP contribution < -0.4 is 4.74 Å². The molecule has 2 heterocycles. The largest absolute Gasteiger partial charge is 0.496 e. The van der Waals surface area contributed by atoms with Gasteiger partial charge in [0.1, 0.15) is 11.4 Å². The molecule has 5 heteroatoms. The average Bonchev–Trinajstić information content (AvgIpc) is 3.08. The second-order valence-electron chi connectivity index (χ2n) is 8.66. The van der Waals surface area contributed by atoms with Crippen molar-refractivity contribution in [2.24, 2.45) is 5.92 Å². The highest BCUT2D eigenvalue weighted by Crippen LogP contribution is 2.37. The molecule has 0 aliphatic carbocycles. The highest BCUT2D eigenvalue weighted by Gasteiger charge is 2.42. The summed E-state index contributed by atoms with van der Waals surface area (Å²) in [7, 11) is 1.60. The van der Waals surface area contributed by atoms with E-state index in [2.05, 4.69) is 36.1 Å². The number of unbranched alkanes of at least 4 members (excludes halogenated alkanes) is 1. The molecule has 0 atom stereocenters. The van der Waals surface area contributed by atoms with Gasteiger partial charge >= 0.3 is 0 Å². The quantitative estimate of drug-likeness (QED) is 0.575. The van der Waals surface area contributed by atoms with Crippen molar-refractivity contribution in [1.29, 1.82) is 0 Å². The number of nitrogens with zero attached hydrogens (tertiary/aromatic N) is 2. The first-order valence-corrected chi connectivity index (χ1v) is 11.7. The maximum absolute atomic E-state index is 13.4. The summed E-state index contributed by atoms with van der Waals surface area (Å²) in [6.45, 7) is 4.09. The Morgan fingerprint density at radius 3 is 2.31 bits per heavy atom. The minimum absolute atomic E-state index is 0.161. The van der Waals surface area contributed by atoms with Crippen LogP contribution in [0.15, 0.2) is 60.3 Å². The van der Waals surface area contributed by atoms with Gasteiger partial charge in [0.25, 0.3) is 11.8 Å². The number of methoxy groups -OCH3 is 1. The number of imide groups is 1. The highest BCUT2D eigenvalue weighted by molar-refractivity contribution is 6.36. The second-order valence-corrected chi connectivity index (χ2v) is 8.66. The number of piperidine rings is 1. The number of ether oxygens (including phenoxy) is 1. The SMILES string of the molecule is CCCCN1C(=O)C(c2ccccc2OC)=C(N2CCC(Cc3ccccc3)CC2)C1=O. The molecule has 0 unspecified atom stereocenters. The fourth-order valence-corrected chi connectivity index (χ4v) is 4.78. The van der Waals surface area contributed by atoms with Crippen LogP contribution >= 0.6 is 0 Å². The average molecular weight is 433 g/mol. The summed E-state index contributed by atoms with van der Waals surface area (Å²) in [4.78, 5) is 30.4. The fourth-order valence-electron chi connectivity index (χ4n) is 4.78. The van der Waals surface area contributed by atoms with Crippen molar-refractivity contribution in [3.63, 3.8) is 0 Å². The lowest BCUT2D eigenvalue weighted by molar-refractivity contribution is -0.137. The molecule has 0 spiro atoms. The van der Waals surface area contributed by atoms with Gasteiger partial charge in [-0.05, 0) is 43.2 Å². The molecule has 2 amide bonds. The molecule has 2 aliphatic rings. The highest BCUT2D eigenvalue weighted by atomic mass is 16.5. The third-order valence-corrected chi connectivity index (χ3v) is 6.55. The van der Waals surface area contributed by atoms with Crippen LogP contribution in [0.2, 0.25) is 0 Å². The van der Waals surface area contributed by atoms with Crippen LogP contribution in [0, 0.1) is 5.92 Å². The molecule has 2 aromatic carbocycles. The van der Waals surface area contributed by atoms with E-state index in [0.29, 0.717) is 35.0 Å². The summed E-state index contributed by atoms with van der Waals surface area (Å²) in [6.07, 6.45) is 4.81. The number of para-hydroxylation sites is 1. The van der Waals surface area contributed by atoms with Crippen LogP contribution in [0.5, 0.6) is 5.75 Å². The minimum atomic E-state index is -0.200. The molecule has 4 rings (SSSR count). The second kappa shape index (κ2) is 10.0. The topological polar surface area (TPSA) is 49.9 Å². The lowest BCUT2D eigenvalue weighted by atomic mass is 9.89. The van der Waals surface area contributed by atoms with E-state index in [4.69, 9.17) is 4.74 Å². The van der Waals surface area contributed by atoms with Crippen molar-refractivity contribution in [2.75, 3.05) is 26.7 Å². The number of carbonyl (C=O) groups is 2. The minimum Gasteiger partial charge on any atom is -0.496 e. The van der Waals surface area contributed by atoms with Gasteiger partial charge in [0.2, 0.25) is 0 Å². The van der Waals surface area contributed by atoms with Crippen LogP contribution in [0.1, 0.15) is 43.7 Å². The van der Waals surface area contributed by atoms with E-state index >= 15 is 0 Å². The lowest BCUT2D eigenvalue weighted by Crippen LogP contribution is -2.39. The predicted molar refractivity (Wildman–Crippen MR) is 126 cm³/mol. The summed E-state index contributed by atoms with van der Waals surface area (Å²) in [5, 5.41) is 0. The van der Waals surface area contributed by atoms with Gasteiger partial charge in [-0.2, -0.15) is 0 Å². The molecule has 0 saturated carbocycles. The number of hydrogen-bond donors (Lipinski definition) is 0. The van der Waals surface area contributed by atoms with Gasteiger partial charge in [0.15, 0.2) is 0 Å². The molecule has 0 aromatic heterocycles. The molecular formula is C27H32N2O3. The van der Waals surface area contributed by atoms with E-state index in [1.165, 1.54) is 10.5 Å². The zero-order valence-electron chi connectivity index (χ0n) is 19.0. The normalized spacial score (nSPS) is 17.4. The summed E-state index contributed by atoms with van der Waals surface area (Å²) >= 11 is 0. The Balaban J connectivity index is 1.60. The van der Waals surface area contributed by atoms with Gasteiger partial charge in [-0.3, -0.25) is 14.5 Å². The molecule has 0 radical (unpaired) electrons. The summed E-state index contributed by atoms with van der Waals surface area (Å²) in [6, 6.07) is 18.1. The Kier molecular flexibility index (Phi) is 6.93. The molecule has 2 aromatic rings. The van der Waals surface area contributed by atoms with E-state index in [-0.39, 0.29) is 11.8 Å². The Bertz CT molecular complexity index is 991. The number of carbonyl (C=O) groups excluding carboxylic acids is 2. The summed E-state index contributed by atoms with van der Waals surface area (Å²) in [5.41, 5.74) is 3.10. The molecular weight excluding hydrogens is 400 g/mol. The van der Waals surface area contributed by atoms with E-state index in [9.17, 15) is 9.59 Å². The Hall–Kier alpha value is -3.08. The molecule has 32 heavy (non-hydrogen) atoms.